The van der Waals surface area contributed by atoms with Crippen molar-refractivity contribution in [1.82, 2.24) is 0 Å². The fourth-order valence-corrected chi connectivity index (χ4v) is 2.29. The largest absolute Gasteiger partial charge is 0.452 e. The molecule has 0 saturated heterocycles. The summed E-state index contributed by atoms with van der Waals surface area (Å²) in [6.45, 7) is 11.2. The minimum absolute atomic E-state index is 0.135. The zero-order valence-electron chi connectivity index (χ0n) is 14.3. The Balaban J connectivity index is 2.80. The van der Waals surface area contributed by atoms with Crippen LogP contribution in [-0.2, 0) is 9.16 Å². The SMILES string of the molecule is COC(=O)N(C#CCO[Si](C)(C)C(C)(C)C)c1ccccc1. The fourth-order valence-electron chi connectivity index (χ4n) is 1.43. The average molecular weight is 319 g/mol. The lowest BCUT2D eigenvalue weighted by Gasteiger charge is -2.35. The standard InChI is InChI=1S/C17H25NO3Si/c1-17(2,3)22(5,6)21-14-10-13-18(16(19)20-4)15-11-8-7-9-12-15/h7-9,11-12H,14H2,1-6H3. The van der Waals surface area contributed by atoms with Crippen LogP contribution in [0.1, 0.15) is 20.8 Å². The van der Waals surface area contributed by atoms with E-state index in [4.69, 9.17) is 9.16 Å². The molecular formula is C17H25NO3Si. The Morgan fingerprint density at radius 1 is 1.23 bits per heavy atom. The highest BCUT2D eigenvalue weighted by Gasteiger charge is 2.36. The summed E-state index contributed by atoms with van der Waals surface area (Å²) in [6.07, 6.45) is -0.508. The van der Waals surface area contributed by atoms with Crippen LogP contribution in [0.15, 0.2) is 30.3 Å². The second-order valence-electron chi connectivity index (χ2n) is 6.48. The van der Waals surface area contributed by atoms with Crippen LogP contribution in [0, 0.1) is 12.0 Å². The highest BCUT2D eigenvalue weighted by atomic mass is 28.4. The summed E-state index contributed by atoms with van der Waals surface area (Å²) in [5.41, 5.74) is 0.675. The van der Waals surface area contributed by atoms with E-state index in [-0.39, 0.29) is 5.04 Å². The van der Waals surface area contributed by atoms with E-state index < -0.39 is 14.4 Å². The second kappa shape index (κ2) is 7.48. The molecule has 0 radical (unpaired) electrons. The molecule has 0 aliphatic carbocycles. The molecule has 22 heavy (non-hydrogen) atoms. The maximum atomic E-state index is 11.8. The van der Waals surface area contributed by atoms with E-state index in [0.29, 0.717) is 12.3 Å². The van der Waals surface area contributed by atoms with Gasteiger partial charge in [0.15, 0.2) is 8.32 Å². The Morgan fingerprint density at radius 3 is 2.32 bits per heavy atom. The van der Waals surface area contributed by atoms with Gasteiger partial charge in [-0.05, 0) is 30.3 Å². The number of carbonyl (C=O) groups is 1. The third-order valence-electron chi connectivity index (χ3n) is 3.87. The predicted molar refractivity (Wildman–Crippen MR) is 92.3 cm³/mol. The second-order valence-corrected chi connectivity index (χ2v) is 11.3. The number of anilines is 1. The molecule has 1 aromatic rings. The third-order valence-corrected chi connectivity index (χ3v) is 8.35. The predicted octanol–water partition coefficient (Wildman–Crippen LogP) is 4.24. The smallest absolute Gasteiger partial charge is 0.426 e. The molecule has 1 rings (SSSR count). The van der Waals surface area contributed by atoms with Crippen LogP contribution in [0.2, 0.25) is 18.1 Å². The first kappa shape index (κ1) is 18.3. The maximum absolute atomic E-state index is 11.8. The van der Waals surface area contributed by atoms with Gasteiger partial charge in [0.05, 0.1) is 19.4 Å². The summed E-state index contributed by atoms with van der Waals surface area (Å²) in [7, 11) is -0.490. The van der Waals surface area contributed by atoms with Crippen LogP contribution in [0.4, 0.5) is 10.5 Å². The molecule has 4 nitrogen and oxygen atoms in total. The fraction of sp³-hybridized carbons (Fsp3) is 0.471. The van der Waals surface area contributed by atoms with Crippen molar-refractivity contribution in [3.63, 3.8) is 0 Å². The van der Waals surface area contributed by atoms with Gasteiger partial charge < -0.3 is 9.16 Å². The van der Waals surface area contributed by atoms with Crippen molar-refractivity contribution in [2.75, 3.05) is 18.6 Å². The van der Waals surface area contributed by atoms with Gasteiger partial charge in [0.2, 0.25) is 0 Å². The molecular weight excluding hydrogens is 294 g/mol. The number of nitrogens with zero attached hydrogens (tertiary/aromatic N) is 1. The molecule has 0 fully saturated rings. The number of methoxy groups -OCH3 is 1. The van der Waals surface area contributed by atoms with Gasteiger partial charge in [-0.2, -0.15) is 0 Å². The number of amides is 1. The van der Waals surface area contributed by atoms with Gasteiger partial charge in [0.25, 0.3) is 0 Å². The molecule has 0 spiro atoms. The number of hydrogen-bond acceptors (Lipinski definition) is 3. The first-order chi connectivity index (χ1) is 10.2. The number of para-hydroxylation sites is 1. The Labute approximate surface area is 134 Å². The molecule has 5 heteroatoms. The molecule has 0 N–H and O–H groups in total. The van der Waals surface area contributed by atoms with Crippen molar-refractivity contribution in [2.45, 2.75) is 38.9 Å². The number of rotatable bonds is 3. The zero-order valence-corrected chi connectivity index (χ0v) is 15.3. The molecule has 0 unspecified atom stereocenters. The van der Waals surface area contributed by atoms with E-state index in [0.717, 1.165) is 0 Å². The summed E-state index contributed by atoms with van der Waals surface area (Å²) >= 11 is 0. The molecule has 1 amide bonds. The van der Waals surface area contributed by atoms with Gasteiger partial charge in [-0.25, -0.2) is 9.69 Å². The van der Waals surface area contributed by atoms with Crippen LogP contribution < -0.4 is 4.90 Å². The van der Waals surface area contributed by atoms with E-state index >= 15 is 0 Å². The number of carbonyl (C=O) groups excluding carboxylic acids is 1. The van der Waals surface area contributed by atoms with E-state index in [1.165, 1.54) is 12.0 Å². The van der Waals surface area contributed by atoms with Crippen LogP contribution in [0.5, 0.6) is 0 Å². The number of ether oxygens (including phenoxy) is 1. The van der Waals surface area contributed by atoms with Crippen LogP contribution in [0.25, 0.3) is 0 Å². The Morgan fingerprint density at radius 2 is 1.82 bits per heavy atom. The summed E-state index contributed by atoms with van der Waals surface area (Å²) in [4.78, 5) is 13.1. The van der Waals surface area contributed by atoms with E-state index in [2.05, 4.69) is 45.8 Å². The minimum Gasteiger partial charge on any atom is -0.452 e. The van der Waals surface area contributed by atoms with Crippen LogP contribution in [-0.4, -0.2) is 28.1 Å². The van der Waals surface area contributed by atoms with Gasteiger partial charge in [-0.15, -0.1) is 0 Å². The molecule has 0 aliphatic heterocycles. The van der Waals surface area contributed by atoms with E-state index in [9.17, 15) is 4.79 Å². The molecule has 0 aromatic heterocycles. The summed E-state index contributed by atoms with van der Waals surface area (Å²) in [5, 5.41) is 0.135. The highest BCUT2D eigenvalue weighted by Crippen LogP contribution is 2.36. The Hall–Kier alpha value is -1.77. The van der Waals surface area contributed by atoms with Gasteiger partial charge >= 0.3 is 6.09 Å². The Bertz CT molecular complexity index is 553. The van der Waals surface area contributed by atoms with Crippen molar-refractivity contribution in [3.8, 4) is 12.0 Å². The van der Waals surface area contributed by atoms with Crippen LogP contribution >= 0.6 is 0 Å². The maximum Gasteiger partial charge on any atom is 0.426 e. The third kappa shape index (κ3) is 4.90. The van der Waals surface area contributed by atoms with Crippen molar-refractivity contribution in [1.29, 1.82) is 0 Å². The number of hydrogen-bond donors (Lipinski definition) is 0. The first-order valence-electron chi connectivity index (χ1n) is 7.24. The lowest BCUT2D eigenvalue weighted by Crippen LogP contribution is -2.40. The highest BCUT2D eigenvalue weighted by molar-refractivity contribution is 6.74. The van der Waals surface area contributed by atoms with E-state index in [1.54, 1.807) is 12.1 Å². The van der Waals surface area contributed by atoms with Crippen molar-refractivity contribution in [3.05, 3.63) is 30.3 Å². The summed E-state index contributed by atoms with van der Waals surface area (Å²) < 4.78 is 10.8. The van der Waals surface area contributed by atoms with Crippen LogP contribution in [0.3, 0.4) is 0 Å². The molecule has 120 valence electrons. The average Bonchev–Trinajstić information content (AvgIpc) is 2.46. The topological polar surface area (TPSA) is 38.8 Å². The van der Waals surface area contributed by atoms with Gasteiger partial charge in [-0.1, -0.05) is 44.9 Å². The molecule has 0 saturated carbocycles. The normalized spacial score (nSPS) is 11.4. The molecule has 0 heterocycles. The van der Waals surface area contributed by atoms with Gasteiger partial charge in [0, 0.05) is 6.04 Å². The molecule has 0 bridgehead atoms. The lowest BCUT2D eigenvalue weighted by atomic mass is 10.2. The van der Waals surface area contributed by atoms with Crippen molar-refractivity contribution >= 4 is 20.1 Å². The van der Waals surface area contributed by atoms with Crippen molar-refractivity contribution < 1.29 is 14.0 Å². The molecule has 0 atom stereocenters. The minimum atomic E-state index is -1.83. The van der Waals surface area contributed by atoms with Gasteiger partial charge in [0.1, 0.15) is 0 Å². The van der Waals surface area contributed by atoms with Gasteiger partial charge in [-0.3, -0.25) is 0 Å². The Kier molecular flexibility index (Phi) is 6.21. The molecule has 0 aliphatic rings. The summed E-state index contributed by atoms with van der Waals surface area (Å²) in [5.74, 6) is 2.91. The van der Waals surface area contributed by atoms with E-state index in [1.807, 2.05) is 18.2 Å². The quantitative estimate of drug-likeness (QED) is 0.475. The summed E-state index contributed by atoms with van der Waals surface area (Å²) in [6, 6.07) is 12.0. The monoisotopic (exact) mass is 319 g/mol. The lowest BCUT2D eigenvalue weighted by molar-refractivity contribution is 0.182. The zero-order chi connectivity index (χ0) is 16.8. The molecule has 1 aromatic carbocycles. The van der Waals surface area contributed by atoms with Crippen molar-refractivity contribution in [2.24, 2.45) is 0 Å². The first-order valence-corrected chi connectivity index (χ1v) is 10.2. The number of benzene rings is 1.